The normalized spacial score (nSPS) is 17.7. The van der Waals surface area contributed by atoms with Crippen molar-refractivity contribution in [3.8, 4) is 5.75 Å². The van der Waals surface area contributed by atoms with Crippen molar-refractivity contribution in [2.75, 3.05) is 6.61 Å². The zero-order valence-electron chi connectivity index (χ0n) is 12.5. The molecular formula is C17H25ClO. The Kier molecular flexibility index (Phi) is 4.45. The Labute approximate surface area is 122 Å². The maximum atomic E-state index is 6.59. The van der Waals surface area contributed by atoms with Crippen molar-refractivity contribution in [2.24, 2.45) is 11.3 Å². The molecule has 1 nitrogen and oxygen atoms in total. The molecule has 106 valence electrons. The highest BCUT2D eigenvalue weighted by atomic mass is 35.5. The van der Waals surface area contributed by atoms with E-state index in [1.807, 2.05) is 0 Å². The van der Waals surface area contributed by atoms with Crippen LogP contribution in [0.3, 0.4) is 0 Å². The summed E-state index contributed by atoms with van der Waals surface area (Å²) in [5.41, 5.74) is 2.93. The summed E-state index contributed by atoms with van der Waals surface area (Å²) in [6.45, 7) is 9.99. The van der Waals surface area contributed by atoms with Crippen molar-refractivity contribution in [2.45, 2.75) is 52.3 Å². The average molecular weight is 281 g/mol. The van der Waals surface area contributed by atoms with Crippen LogP contribution in [0.15, 0.2) is 18.2 Å². The minimum atomic E-state index is 0.114. The highest BCUT2D eigenvalue weighted by Gasteiger charge is 2.20. The Morgan fingerprint density at radius 1 is 1.32 bits per heavy atom. The van der Waals surface area contributed by atoms with Gasteiger partial charge in [0.15, 0.2) is 0 Å². The molecule has 0 saturated heterocycles. The van der Waals surface area contributed by atoms with Gasteiger partial charge < -0.3 is 4.74 Å². The summed E-state index contributed by atoms with van der Waals surface area (Å²) in [6, 6.07) is 6.41. The molecule has 1 aliphatic heterocycles. The predicted molar refractivity (Wildman–Crippen MR) is 82.1 cm³/mol. The van der Waals surface area contributed by atoms with E-state index in [4.69, 9.17) is 16.3 Å². The van der Waals surface area contributed by atoms with Crippen LogP contribution >= 0.6 is 11.6 Å². The monoisotopic (exact) mass is 280 g/mol. The number of ether oxygens (including phenoxy) is 1. The fourth-order valence-electron chi connectivity index (χ4n) is 3.02. The summed E-state index contributed by atoms with van der Waals surface area (Å²) >= 11 is 6.59. The van der Waals surface area contributed by atoms with Crippen molar-refractivity contribution >= 4 is 11.6 Å². The van der Waals surface area contributed by atoms with Crippen LogP contribution in [-0.4, -0.2) is 6.61 Å². The molecule has 0 fully saturated rings. The van der Waals surface area contributed by atoms with Gasteiger partial charge in [0.1, 0.15) is 5.75 Å². The second-order valence-electron chi connectivity index (χ2n) is 7.04. The topological polar surface area (TPSA) is 9.23 Å². The smallest absolute Gasteiger partial charge is 0.122 e. The molecule has 2 unspecified atom stereocenters. The van der Waals surface area contributed by atoms with Crippen LogP contribution in [0.4, 0.5) is 0 Å². The standard InChI is InChI=1S/C17H25ClO/c1-12(11-17(2,3)4)9-15(18)13-5-6-16-14(10-13)7-8-19-16/h5-6,10,12,15H,7-9,11H2,1-4H3. The average Bonchev–Trinajstić information content (AvgIpc) is 2.72. The summed E-state index contributed by atoms with van der Waals surface area (Å²) in [5.74, 6) is 1.68. The first kappa shape index (κ1) is 14.7. The highest BCUT2D eigenvalue weighted by molar-refractivity contribution is 6.20. The number of fused-ring (bicyclic) bond motifs is 1. The predicted octanol–water partition coefficient (Wildman–Crippen LogP) is 5.36. The lowest BCUT2D eigenvalue weighted by Crippen LogP contribution is -2.12. The van der Waals surface area contributed by atoms with E-state index in [9.17, 15) is 0 Å². The molecule has 1 aromatic rings. The van der Waals surface area contributed by atoms with Crippen molar-refractivity contribution in [1.29, 1.82) is 0 Å². The number of halogens is 1. The molecule has 19 heavy (non-hydrogen) atoms. The lowest BCUT2D eigenvalue weighted by Gasteiger charge is -2.24. The first-order chi connectivity index (χ1) is 8.85. The zero-order valence-corrected chi connectivity index (χ0v) is 13.3. The van der Waals surface area contributed by atoms with E-state index < -0.39 is 0 Å². The molecule has 0 radical (unpaired) electrons. The second-order valence-corrected chi connectivity index (χ2v) is 7.57. The molecule has 0 spiro atoms. The van der Waals surface area contributed by atoms with Gasteiger partial charge in [-0.05, 0) is 41.4 Å². The van der Waals surface area contributed by atoms with Gasteiger partial charge in [0.2, 0.25) is 0 Å². The summed E-state index contributed by atoms with van der Waals surface area (Å²) in [7, 11) is 0. The summed E-state index contributed by atoms with van der Waals surface area (Å²) in [5, 5.41) is 0.114. The Hall–Kier alpha value is -0.690. The molecule has 1 aromatic carbocycles. The zero-order chi connectivity index (χ0) is 14.0. The van der Waals surface area contributed by atoms with Gasteiger partial charge in [0.25, 0.3) is 0 Å². The van der Waals surface area contributed by atoms with Crippen molar-refractivity contribution in [3.63, 3.8) is 0 Å². The van der Waals surface area contributed by atoms with E-state index in [1.165, 1.54) is 17.5 Å². The lowest BCUT2D eigenvalue weighted by molar-refractivity contribution is 0.295. The van der Waals surface area contributed by atoms with Gasteiger partial charge in [-0.25, -0.2) is 0 Å². The lowest BCUT2D eigenvalue weighted by atomic mass is 9.83. The minimum absolute atomic E-state index is 0.114. The molecule has 2 rings (SSSR count). The van der Waals surface area contributed by atoms with Crippen molar-refractivity contribution in [1.82, 2.24) is 0 Å². The molecule has 2 atom stereocenters. The Bertz CT molecular complexity index is 433. The van der Waals surface area contributed by atoms with E-state index in [0.29, 0.717) is 11.3 Å². The van der Waals surface area contributed by atoms with E-state index >= 15 is 0 Å². The van der Waals surface area contributed by atoms with Gasteiger partial charge in [-0.3, -0.25) is 0 Å². The molecule has 0 N–H and O–H groups in total. The molecule has 0 saturated carbocycles. The largest absolute Gasteiger partial charge is 0.493 e. The van der Waals surface area contributed by atoms with Crippen LogP contribution in [0.2, 0.25) is 0 Å². The molecule has 0 bridgehead atoms. The molecule has 1 heterocycles. The van der Waals surface area contributed by atoms with Crippen LogP contribution < -0.4 is 4.74 Å². The minimum Gasteiger partial charge on any atom is -0.493 e. The fraction of sp³-hybridized carbons (Fsp3) is 0.647. The molecule has 2 heteroatoms. The van der Waals surface area contributed by atoms with E-state index in [1.54, 1.807) is 0 Å². The maximum Gasteiger partial charge on any atom is 0.122 e. The number of benzene rings is 1. The van der Waals surface area contributed by atoms with Gasteiger partial charge in [0.05, 0.1) is 12.0 Å². The number of hydrogen-bond donors (Lipinski definition) is 0. The van der Waals surface area contributed by atoms with Gasteiger partial charge >= 0.3 is 0 Å². The van der Waals surface area contributed by atoms with Crippen LogP contribution in [0.5, 0.6) is 5.75 Å². The van der Waals surface area contributed by atoms with Crippen molar-refractivity contribution < 1.29 is 4.74 Å². The van der Waals surface area contributed by atoms with E-state index in [0.717, 1.165) is 25.2 Å². The highest BCUT2D eigenvalue weighted by Crippen LogP contribution is 2.36. The molecule has 0 aromatic heterocycles. The third kappa shape index (κ3) is 4.14. The van der Waals surface area contributed by atoms with Crippen LogP contribution in [0.25, 0.3) is 0 Å². The van der Waals surface area contributed by atoms with Crippen molar-refractivity contribution in [3.05, 3.63) is 29.3 Å². The van der Waals surface area contributed by atoms with E-state index in [2.05, 4.69) is 45.9 Å². The summed E-state index contributed by atoms with van der Waals surface area (Å²) in [4.78, 5) is 0. The molecule has 0 amide bonds. The number of rotatable bonds is 4. The van der Waals surface area contributed by atoms with Crippen LogP contribution in [0, 0.1) is 11.3 Å². The summed E-state index contributed by atoms with van der Waals surface area (Å²) < 4.78 is 5.54. The molecule has 1 aliphatic rings. The van der Waals surface area contributed by atoms with Crippen LogP contribution in [-0.2, 0) is 6.42 Å². The first-order valence-corrected chi connectivity index (χ1v) is 7.68. The third-order valence-corrected chi connectivity index (χ3v) is 4.08. The number of alkyl halides is 1. The third-order valence-electron chi connectivity index (χ3n) is 3.65. The Morgan fingerprint density at radius 2 is 2.05 bits per heavy atom. The fourth-order valence-corrected chi connectivity index (χ4v) is 3.46. The Balaban J connectivity index is 1.98. The Morgan fingerprint density at radius 3 is 2.74 bits per heavy atom. The number of hydrogen-bond acceptors (Lipinski definition) is 1. The van der Waals surface area contributed by atoms with E-state index in [-0.39, 0.29) is 5.38 Å². The van der Waals surface area contributed by atoms with Gasteiger partial charge in [-0.15, -0.1) is 11.6 Å². The van der Waals surface area contributed by atoms with Gasteiger partial charge in [-0.1, -0.05) is 39.8 Å². The quantitative estimate of drug-likeness (QED) is 0.674. The second kappa shape index (κ2) is 5.75. The van der Waals surface area contributed by atoms with Gasteiger partial charge in [0, 0.05) is 6.42 Å². The SMILES string of the molecule is CC(CC(Cl)c1ccc2c(c1)CCO2)CC(C)(C)C. The molecular weight excluding hydrogens is 256 g/mol. The summed E-state index contributed by atoms with van der Waals surface area (Å²) in [6.07, 6.45) is 3.27. The van der Waals surface area contributed by atoms with Gasteiger partial charge in [-0.2, -0.15) is 0 Å². The van der Waals surface area contributed by atoms with Crippen LogP contribution in [0.1, 0.15) is 57.0 Å². The molecule has 0 aliphatic carbocycles. The first-order valence-electron chi connectivity index (χ1n) is 7.25. The maximum absolute atomic E-state index is 6.59.